The largest absolute Gasteiger partial charge is 0.363 e. The number of nitrogens with zero attached hydrogens (tertiary/aromatic N) is 1. The van der Waals surface area contributed by atoms with Crippen molar-refractivity contribution in [2.24, 2.45) is 0 Å². The molecule has 1 amide bonds. The molecule has 114 valence electrons. The van der Waals surface area contributed by atoms with E-state index >= 15 is 0 Å². The predicted octanol–water partition coefficient (Wildman–Crippen LogP) is 3.62. The molecule has 0 spiro atoms. The van der Waals surface area contributed by atoms with E-state index in [2.05, 4.69) is 5.32 Å². The van der Waals surface area contributed by atoms with Crippen LogP contribution >= 0.6 is 11.6 Å². The molecule has 0 aliphatic carbocycles. The summed E-state index contributed by atoms with van der Waals surface area (Å²) >= 11 is 5.77. The minimum atomic E-state index is -0.671. The van der Waals surface area contributed by atoms with Gasteiger partial charge in [0.15, 0.2) is 0 Å². The lowest BCUT2D eigenvalue weighted by Gasteiger charge is -2.14. The lowest BCUT2D eigenvalue weighted by atomic mass is 10.1. The Morgan fingerprint density at radius 3 is 2.36 bits per heavy atom. The normalized spacial score (nSPS) is 10.2. The van der Waals surface area contributed by atoms with Crippen molar-refractivity contribution in [3.63, 3.8) is 0 Å². The van der Waals surface area contributed by atoms with Gasteiger partial charge < -0.3 is 10.2 Å². The molecule has 6 heteroatoms. The number of hydrogen-bond acceptors (Lipinski definition) is 2. The van der Waals surface area contributed by atoms with E-state index in [1.54, 1.807) is 49.3 Å². The lowest BCUT2D eigenvalue weighted by Crippen LogP contribution is -2.22. The number of amides is 1. The van der Waals surface area contributed by atoms with Crippen molar-refractivity contribution in [2.75, 3.05) is 19.4 Å². The Hall–Kier alpha value is -2.40. The van der Waals surface area contributed by atoms with Crippen LogP contribution in [0.2, 0.25) is 5.02 Å². The number of amidine groups is 1. The molecule has 0 unspecified atom stereocenters. The summed E-state index contributed by atoms with van der Waals surface area (Å²) in [5.74, 6) is -1.05. The molecule has 0 radical (unpaired) electrons. The Balaban J connectivity index is 2.20. The summed E-state index contributed by atoms with van der Waals surface area (Å²) in [6.07, 6.45) is 0. The Bertz CT molecular complexity index is 714. The van der Waals surface area contributed by atoms with Crippen LogP contribution in [-0.2, 0) is 0 Å². The maximum atomic E-state index is 14.1. The van der Waals surface area contributed by atoms with E-state index in [-0.39, 0.29) is 11.4 Å². The van der Waals surface area contributed by atoms with Crippen molar-refractivity contribution >= 4 is 29.0 Å². The highest BCUT2D eigenvalue weighted by atomic mass is 35.5. The topological polar surface area (TPSA) is 56.2 Å². The van der Waals surface area contributed by atoms with E-state index < -0.39 is 11.7 Å². The first-order valence-corrected chi connectivity index (χ1v) is 6.89. The number of carbonyl (C=O) groups is 1. The van der Waals surface area contributed by atoms with Gasteiger partial charge in [-0.15, -0.1) is 0 Å². The van der Waals surface area contributed by atoms with Crippen molar-refractivity contribution in [3.8, 4) is 0 Å². The monoisotopic (exact) mass is 319 g/mol. The average molecular weight is 320 g/mol. The molecule has 4 nitrogen and oxygen atoms in total. The second kappa shape index (κ2) is 6.58. The molecule has 22 heavy (non-hydrogen) atoms. The second-order valence-corrected chi connectivity index (χ2v) is 5.34. The number of rotatable bonds is 3. The first kappa shape index (κ1) is 16.0. The van der Waals surface area contributed by atoms with Gasteiger partial charge in [0.2, 0.25) is 0 Å². The average Bonchev–Trinajstić information content (AvgIpc) is 2.48. The molecule has 2 aromatic carbocycles. The molecule has 0 heterocycles. The summed E-state index contributed by atoms with van der Waals surface area (Å²) in [5.41, 5.74) is 0.856. The van der Waals surface area contributed by atoms with Gasteiger partial charge in [0.25, 0.3) is 5.91 Å². The molecular weight excluding hydrogens is 305 g/mol. The van der Waals surface area contributed by atoms with Gasteiger partial charge in [0.05, 0.1) is 5.56 Å². The first-order valence-electron chi connectivity index (χ1n) is 6.51. The van der Waals surface area contributed by atoms with Crippen LogP contribution < -0.4 is 5.32 Å². The highest BCUT2D eigenvalue weighted by Crippen LogP contribution is 2.17. The van der Waals surface area contributed by atoms with Gasteiger partial charge in [-0.05, 0) is 36.4 Å². The summed E-state index contributed by atoms with van der Waals surface area (Å²) in [5, 5.41) is 11.0. The molecule has 0 aliphatic heterocycles. The summed E-state index contributed by atoms with van der Waals surface area (Å²) in [6, 6.07) is 10.6. The lowest BCUT2D eigenvalue weighted by molar-refractivity contribution is 0.102. The molecular formula is C16H15ClFN3O. The summed E-state index contributed by atoms with van der Waals surface area (Å²) in [6.45, 7) is 0. The SMILES string of the molecule is CN(C)C(=N)c1ccc(C(=O)Nc2ccc(Cl)cc2)c(F)c1. The molecule has 0 aliphatic rings. The third kappa shape index (κ3) is 3.62. The number of carbonyl (C=O) groups excluding carboxylic acids is 1. The van der Waals surface area contributed by atoms with E-state index in [1.807, 2.05) is 0 Å². The zero-order valence-corrected chi connectivity index (χ0v) is 12.9. The zero-order chi connectivity index (χ0) is 16.3. The molecule has 0 aromatic heterocycles. The smallest absolute Gasteiger partial charge is 0.258 e. The van der Waals surface area contributed by atoms with Gasteiger partial charge in [-0.25, -0.2) is 4.39 Å². The summed E-state index contributed by atoms with van der Waals surface area (Å²) in [4.78, 5) is 13.6. The van der Waals surface area contributed by atoms with Crippen molar-refractivity contribution in [2.45, 2.75) is 0 Å². The number of anilines is 1. The Labute approximate surface area is 133 Å². The van der Waals surface area contributed by atoms with Gasteiger partial charge in [0, 0.05) is 30.4 Å². The molecule has 2 aromatic rings. The van der Waals surface area contributed by atoms with Crippen molar-refractivity contribution in [3.05, 3.63) is 64.4 Å². The molecule has 0 atom stereocenters. The van der Waals surface area contributed by atoms with Crippen molar-refractivity contribution < 1.29 is 9.18 Å². The molecule has 0 bridgehead atoms. The Morgan fingerprint density at radius 2 is 1.82 bits per heavy atom. The second-order valence-electron chi connectivity index (χ2n) is 4.90. The maximum absolute atomic E-state index is 14.1. The molecule has 0 saturated heterocycles. The Kier molecular flexibility index (Phi) is 4.78. The van der Waals surface area contributed by atoms with E-state index in [4.69, 9.17) is 17.0 Å². The van der Waals surface area contributed by atoms with Crippen LogP contribution in [0.25, 0.3) is 0 Å². The van der Waals surface area contributed by atoms with Gasteiger partial charge in [-0.3, -0.25) is 10.2 Å². The molecule has 0 fully saturated rings. The predicted molar refractivity (Wildman–Crippen MR) is 86.3 cm³/mol. The van der Waals surface area contributed by atoms with Crippen LogP contribution in [0.5, 0.6) is 0 Å². The van der Waals surface area contributed by atoms with Crippen molar-refractivity contribution in [1.82, 2.24) is 4.90 Å². The highest BCUT2D eigenvalue weighted by molar-refractivity contribution is 6.30. The van der Waals surface area contributed by atoms with Crippen LogP contribution in [0.3, 0.4) is 0 Å². The minimum Gasteiger partial charge on any atom is -0.363 e. The van der Waals surface area contributed by atoms with Crippen LogP contribution in [0.1, 0.15) is 15.9 Å². The number of benzene rings is 2. The highest BCUT2D eigenvalue weighted by Gasteiger charge is 2.14. The fourth-order valence-corrected chi connectivity index (χ4v) is 1.96. The van der Waals surface area contributed by atoms with Gasteiger partial charge >= 0.3 is 0 Å². The quantitative estimate of drug-likeness (QED) is 0.670. The minimum absolute atomic E-state index is 0.0785. The fraction of sp³-hybridized carbons (Fsp3) is 0.125. The van der Waals surface area contributed by atoms with Crippen LogP contribution in [-0.4, -0.2) is 30.7 Å². The van der Waals surface area contributed by atoms with Gasteiger partial charge in [0.1, 0.15) is 11.7 Å². The third-order valence-corrected chi connectivity index (χ3v) is 3.29. The van der Waals surface area contributed by atoms with E-state index in [1.165, 1.54) is 12.1 Å². The van der Waals surface area contributed by atoms with Gasteiger partial charge in [-0.2, -0.15) is 0 Å². The van der Waals surface area contributed by atoms with Crippen LogP contribution in [0, 0.1) is 11.2 Å². The van der Waals surface area contributed by atoms with Crippen molar-refractivity contribution in [1.29, 1.82) is 5.41 Å². The van der Waals surface area contributed by atoms with Gasteiger partial charge in [-0.1, -0.05) is 17.7 Å². The van der Waals surface area contributed by atoms with E-state index in [9.17, 15) is 9.18 Å². The third-order valence-electron chi connectivity index (χ3n) is 3.04. The number of halogens is 2. The number of nitrogens with one attached hydrogen (secondary N) is 2. The van der Waals surface area contributed by atoms with E-state index in [0.717, 1.165) is 0 Å². The van der Waals surface area contributed by atoms with E-state index in [0.29, 0.717) is 16.3 Å². The summed E-state index contributed by atoms with van der Waals surface area (Å²) in [7, 11) is 3.39. The zero-order valence-electron chi connectivity index (χ0n) is 12.2. The first-order chi connectivity index (χ1) is 10.4. The molecule has 0 saturated carbocycles. The molecule has 2 rings (SSSR count). The Morgan fingerprint density at radius 1 is 1.18 bits per heavy atom. The number of hydrogen-bond donors (Lipinski definition) is 2. The molecule has 2 N–H and O–H groups in total. The standard InChI is InChI=1S/C16H15ClFN3O/c1-21(2)15(19)10-3-8-13(14(18)9-10)16(22)20-12-6-4-11(17)5-7-12/h3-9,19H,1-2H3,(H,20,22). The maximum Gasteiger partial charge on any atom is 0.258 e. The summed E-state index contributed by atoms with van der Waals surface area (Å²) < 4.78 is 14.1. The fourth-order valence-electron chi connectivity index (χ4n) is 1.84. The van der Waals surface area contributed by atoms with Crippen LogP contribution in [0.15, 0.2) is 42.5 Å². The van der Waals surface area contributed by atoms with Crippen LogP contribution in [0.4, 0.5) is 10.1 Å².